The number of rotatable bonds is 4. The van der Waals surface area contributed by atoms with Gasteiger partial charge in [-0.05, 0) is 23.3 Å². The van der Waals surface area contributed by atoms with Crippen molar-refractivity contribution in [2.24, 2.45) is 0 Å². The van der Waals surface area contributed by atoms with E-state index in [1.165, 1.54) is 11.1 Å². The van der Waals surface area contributed by atoms with E-state index in [4.69, 9.17) is 11.5 Å². The Kier molecular flexibility index (Phi) is 13.8. The van der Waals surface area contributed by atoms with Crippen molar-refractivity contribution in [3.05, 3.63) is 47.8 Å². The lowest BCUT2D eigenvalue weighted by Gasteiger charge is -2.34. The van der Waals surface area contributed by atoms with Gasteiger partial charge in [0.15, 0.2) is 0 Å². The Balaban J connectivity index is 0. The number of anilines is 2. The minimum Gasteiger partial charge on any atom is -0.384 e. The lowest BCUT2D eigenvalue weighted by molar-refractivity contribution is 0.122. The van der Waals surface area contributed by atoms with E-state index < -0.39 is 0 Å². The van der Waals surface area contributed by atoms with Crippen LogP contribution < -0.4 is 11.5 Å². The zero-order valence-corrected chi connectivity index (χ0v) is 17.5. The summed E-state index contributed by atoms with van der Waals surface area (Å²) in [4.78, 5) is 13.2. The molecule has 2 aromatic rings. The fourth-order valence-corrected chi connectivity index (χ4v) is 2.68. The van der Waals surface area contributed by atoms with E-state index >= 15 is 0 Å². The van der Waals surface area contributed by atoms with Gasteiger partial charge in [0.25, 0.3) is 0 Å². The number of piperazine rings is 1. The van der Waals surface area contributed by atoms with Gasteiger partial charge in [-0.2, -0.15) is 0 Å². The Morgan fingerprint density at radius 1 is 0.654 bits per heavy atom. The summed E-state index contributed by atoms with van der Waals surface area (Å²) in [5.41, 5.74) is 13.7. The van der Waals surface area contributed by atoms with Gasteiger partial charge < -0.3 is 11.5 Å². The average molecular weight is 444 g/mol. The topological polar surface area (TPSA) is 84.3 Å². The maximum absolute atomic E-state index is 5.62. The first-order chi connectivity index (χ1) is 10.7. The smallest absolute Gasteiger partial charge is 0.123 e. The number of aromatic nitrogens is 2. The third-order valence-electron chi connectivity index (χ3n) is 3.97. The van der Waals surface area contributed by atoms with E-state index in [0.29, 0.717) is 11.6 Å². The second kappa shape index (κ2) is 13.2. The molecule has 1 aliphatic rings. The van der Waals surface area contributed by atoms with Crippen LogP contribution in [0.15, 0.2) is 36.7 Å². The van der Waals surface area contributed by atoms with Gasteiger partial charge in [0.05, 0.1) is 0 Å². The lowest BCUT2D eigenvalue weighted by Crippen LogP contribution is -2.45. The highest BCUT2D eigenvalue weighted by atomic mass is 35.5. The summed E-state index contributed by atoms with van der Waals surface area (Å²) in [6.45, 7) is 6.12. The molecule has 0 atom stereocenters. The summed E-state index contributed by atoms with van der Waals surface area (Å²) in [5, 5.41) is 0. The summed E-state index contributed by atoms with van der Waals surface area (Å²) < 4.78 is 0. The van der Waals surface area contributed by atoms with Crippen molar-refractivity contribution < 1.29 is 0 Å². The first kappa shape index (κ1) is 27.2. The zero-order valence-electron chi connectivity index (χ0n) is 14.3. The van der Waals surface area contributed by atoms with E-state index in [9.17, 15) is 0 Å². The van der Waals surface area contributed by atoms with Gasteiger partial charge in [-0.1, -0.05) is 12.1 Å². The van der Waals surface area contributed by atoms with E-state index in [1.54, 1.807) is 0 Å². The summed E-state index contributed by atoms with van der Waals surface area (Å²) >= 11 is 0. The minimum atomic E-state index is 0. The predicted octanol–water partition coefficient (Wildman–Crippen LogP) is 2.65. The standard InChI is InChI=1S/C16H22N6.4ClH/c17-15-3-1-13(9-19-15)11-21-5-7-22(8-6-21)12-14-2-4-16(18)20-10-14;;;;/h1-4,9-10H,5-8,11-12H2,(H2,17,19)(H2,18,20);4*1H. The van der Waals surface area contributed by atoms with Crippen LogP contribution in [0, 0.1) is 0 Å². The van der Waals surface area contributed by atoms with E-state index in [2.05, 4.69) is 31.9 Å². The molecule has 0 aliphatic carbocycles. The molecule has 6 nitrogen and oxygen atoms in total. The van der Waals surface area contributed by atoms with Gasteiger partial charge in [-0.25, -0.2) is 9.97 Å². The summed E-state index contributed by atoms with van der Waals surface area (Å²) in [6.07, 6.45) is 3.73. The highest BCUT2D eigenvalue weighted by molar-refractivity contribution is 5.86. The zero-order chi connectivity index (χ0) is 15.4. The van der Waals surface area contributed by atoms with Gasteiger partial charge in [0.2, 0.25) is 0 Å². The van der Waals surface area contributed by atoms with Crippen molar-refractivity contribution in [3.63, 3.8) is 0 Å². The molecule has 148 valence electrons. The fraction of sp³-hybridized carbons (Fsp3) is 0.375. The Morgan fingerprint density at radius 3 is 1.27 bits per heavy atom. The quantitative estimate of drug-likeness (QED) is 0.755. The van der Waals surface area contributed by atoms with Crippen LogP contribution in [0.3, 0.4) is 0 Å². The summed E-state index contributed by atoms with van der Waals surface area (Å²) in [7, 11) is 0. The van der Waals surface area contributed by atoms with E-state index in [0.717, 1.165) is 39.3 Å². The van der Waals surface area contributed by atoms with Gasteiger partial charge in [0.1, 0.15) is 11.6 Å². The molecule has 0 amide bonds. The van der Waals surface area contributed by atoms with E-state index in [-0.39, 0.29) is 49.6 Å². The van der Waals surface area contributed by atoms with Crippen LogP contribution in [-0.2, 0) is 13.1 Å². The van der Waals surface area contributed by atoms with Crippen molar-refractivity contribution in [2.75, 3.05) is 37.6 Å². The second-order valence-electron chi connectivity index (χ2n) is 5.73. The number of nitrogens with two attached hydrogens (primary N) is 2. The molecule has 0 bridgehead atoms. The molecular weight excluding hydrogens is 418 g/mol. The normalized spacial score (nSPS) is 14.2. The highest BCUT2D eigenvalue weighted by Gasteiger charge is 2.17. The van der Waals surface area contributed by atoms with Crippen LogP contribution in [-0.4, -0.2) is 45.9 Å². The molecule has 10 heteroatoms. The summed E-state index contributed by atoms with van der Waals surface area (Å²) in [6, 6.07) is 7.82. The number of nitrogen functional groups attached to an aromatic ring is 2. The average Bonchev–Trinajstić information content (AvgIpc) is 2.54. The van der Waals surface area contributed by atoms with Gasteiger partial charge >= 0.3 is 0 Å². The Hall–Kier alpha value is -1.02. The molecule has 1 fully saturated rings. The number of halogens is 4. The Morgan fingerprint density at radius 2 is 1.00 bits per heavy atom. The van der Waals surface area contributed by atoms with E-state index in [1.807, 2.05) is 24.5 Å². The first-order valence-corrected chi connectivity index (χ1v) is 7.54. The fourth-order valence-electron chi connectivity index (χ4n) is 2.68. The Bertz CT molecular complexity index is 548. The molecular formula is C16H26Cl4N6. The number of nitrogens with zero attached hydrogens (tertiary/aromatic N) is 4. The predicted molar refractivity (Wildman–Crippen MR) is 117 cm³/mol. The molecule has 1 saturated heterocycles. The van der Waals surface area contributed by atoms with Crippen molar-refractivity contribution in [2.45, 2.75) is 13.1 Å². The molecule has 0 aromatic carbocycles. The SMILES string of the molecule is Cl.Cl.Cl.Cl.Nc1ccc(CN2CCN(Cc3ccc(N)nc3)CC2)cn1. The molecule has 1 aliphatic heterocycles. The van der Waals surface area contributed by atoms with Gasteiger partial charge in [-0.15, -0.1) is 49.6 Å². The largest absolute Gasteiger partial charge is 0.384 e. The molecule has 0 radical (unpaired) electrons. The summed E-state index contributed by atoms with van der Waals surface area (Å²) in [5.74, 6) is 1.15. The second-order valence-corrected chi connectivity index (χ2v) is 5.73. The van der Waals surface area contributed by atoms with Crippen LogP contribution in [0.4, 0.5) is 11.6 Å². The van der Waals surface area contributed by atoms with Crippen molar-refractivity contribution in [3.8, 4) is 0 Å². The molecule has 4 N–H and O–H groups in total. The molecule has 3 heterocycles. The van der Waals surface area contributed by atoms with Crippen molar-refractivity contribution in [1.82, 2.24) is 19.8 Å². The maximum atomic E-state index is 5.62. The number of hydrogen-bond acceptors (Lipinski definition) is 6. The molecule has 3 rings (SSSR count). The molecule has 0 spiro atoms. The monoisotopic (exact) mass is 442 g/mol. The number of hydrogen-bond donors (Lipinski definition) is 2. The molecule has 2 aromatic heterocycles. The van der Waals surface area contributed by atoms with Crippen LogP contribution in [0.25, 0.3) is 0 Å². The third-order valence-corrected chi connectivity index (χ3v) is 3.97. The molecule has 0 saturated carbocycles. The lowest BCUT2D eigenvalue weighted by atomic mass is 10.2. The number of pyridine rings is 2. The van der Waals surface area contributed by atoms with Crippen LogP contribution in [0.1, 0.15) is 11.1 Å². The molecule has 0 unspecified atom stereocenters. The first-order valence-electron chi connectivity index (χ1n) is 7.54. The van der Waals surface area contributed by atoms with Crippen molar-refractivity contribution in [1.29, 1.82) is 0 Å². The highest BCUT2D eigenvalue weighted by Crippen LogP contribution is 2.12. The Labute approximate surface area is 179 Å². The van der Waals surface area contributed by atoms with Crippen LogP contribution >= 0.6 is 49.6 Å². The minimum absolute atomic E-state index is 0. The van der Waals surface area contributed by atoms with Crippen LogP contribution in [0.5, 0.6) is 0 Å². The van der Waals surface area contributed by atoms with Crippen LogP contribution in [0.2, 0.25) is 0 Å². The molecule has 26 heavy (non-hydrogen) atoms. The van der Waals surface area contributed by atoms with Gasteiger partial charge in [-0.3, -0.25) is 9.80 Å². The van der Waals surface area contributed by atoms with Crippen molar-refractivity contribution >= 4 is 61.3 Å². The third kappa shape index (κ3) is 8.12. The van der Waals surface area contributed by atoms with Gasteiger partial charge in [0, 0.05) is 51.7 Å². The maximum Gasteiger partial charge on any atom is 0.123 e.